The third kappa shape index (κ3) is 53.7. The summed E-state index contributed by atoms with van der Waals surface area (Å²) in [5, 5.41) is 81.7. The highest BCUT2D eigenvalue weighted by molar-refractivity contribution is 9.15. The largest absolute Gasteiger partial charge is 0.550 e. The number of likely N-dealkylation sites (N-methyl/N-ethyl adjacent to an activating group) is 1. The molecule has 8 aromatic rings. The number of carbonyl (C=O) groups excluding carboxylic acids is 14. The van der Waals surface area contributed by atoms with E-state index in [0.717, 1.165) is 46.8 Å². The summed E-state index contributed by atoms with van der Waals surface area (Å²) in [5.41, 5.74) is 0.370. The summed E-state index contributed by atoms with van der Waals surface area (Å²) >= 11 is 78.3. The first-order valence-electron chi connectivity index (χ1n) is 34.3. The number of carbonyl (C=O) groups is 14. The van der Waals surface area contributed by atoms with Gasteiger partial charge in [0, 0.05) is 88.6 Å². The minimum absolute atomic E-state index is 0.0307. The normalized spacial score (nSPS) is 10.1. The van der Waals surface area contributed by atoms with Crippen LogP contribution in [0.25, 0.3) is 0 Å². The van der Waals surface area contributed by atoms with Gasteiger partial charge in [0.2, 0.25) is 0 Å². The van der Waals surface area contributed by atoms with Crippen molar-refractivity contribution >= 4 is 466 Å². The molecule has 0 unspecified atom stereocenters. The summed E-state index contributed by atoms with van der Waals surface area (Å²) in [6.07, 6.45) is 1.07. The summed E-state index contributed by atoms with van der Waals surface area (Å²) in [6, 6.07) is 27.6. The van der Waals surface area contributed by atoms with Crippen molar-refractivity contribution in [1.29, 1.82) is 0 Å². The smallest absolute Gasteiger partial charge is 0.336 e. The van der Waals surface area contributed by atoms with E-state index in [1.165, 1.54) is 7.05 Å². The quantitative estimate of drug-likeness (QED) is 0.0101. The first-order valence-corrected chi connectivity index (χ1v) is 53.4. The van der Waals surface area contributed by atoms with Gasteiger partial charge in [-0.3, -0.25) is 24.0 Å². The van der Waals surface area contributed by atoms with Crippen LogP contribution in [0.2, 0.25) is 0 Å². The molecule has 0 atom stereocenters. The van der Waals surface area contributed by atoms with Crippen LogP contribution in [-0.4, -0.2) is 115 Å². The predicted molar refractivity (Wildman–Crippen MR) is 548 cm³/mol. The van der Waals surface area contributed by atoms with Crippen molar-refractivity contribution in [1.82, 2.24) is 4.90 Å². The summed E-state index contributed by atoms with van der Waals surface area (Å²) in [6.45, 7) is -1.40. The molecule has 132 heavy (non-hydrogen) atoms. The maximum Gasteiger partial charge on any atom is 0.336 e. The van der Waals surface area contributed by atoms with Gasteiger partial charge in [-0.25, -0.2) is 4.79 Å². The zero-order valence-corrected chi connectivity index (χ0v) is 103. The molecule has 0 aliphatic carbocycles. The van der Waals surface area contributed by atoms with Gasteiger partial charge in [-0.05, 0) is 397 Å². The summed E-state index contributed by atoms with van der Waals surface area (Å²) in [7, 11) is 1.40. The summed E-state index contributed by atoms with van der Waals surface area (Å²) in [4.78, 5) is 152. The van der Waals surface area contributed by atoms with E-state index >= 15 is 0 Å². The Bertz CT molecular complexity index is 5340. The lowest BCUT2D eigenvalue weighted by molar-refractivity contribution is -0.308. The minimum atomic E-state index is -1.48. The Morgan fingerprint density at radius 2 is 0.515 bits per heavy atom. The fourth-order valence-electron chi connectivity index (χ4n) is 8.06. The van der Waals surface area contributed by atoms with Crippen molar-refractivity contribution < 1.29 is 141 Å². The van der Waals surface area contributed by atoms with E-state index in [9.17, 15) is 108 Å². The molecule has 0 bridgehead atoms. The number of amides is 1. The Morgan fingerprint density at radius 1 is 0.265 bits per heavy atom. The number of benzene rings is 8. The minimum Gasteiger partial charge on any atom is -0.550 e. The highest BCUT2D eigenvalue weighted by atomic mass is 79.9. The molecule has 0 saturated carbocycles. The number of hydrogen-bond acceptors (Lipinski definition) is 29. The molecule has 0 fully saturated rings. The second-order valence-electron chi connectivity index (χ2n) is 23.7. The lowest BCUT2D eigenvalue weighted by atomic mass is 10.2. The van der Waals surface area contributed by atoms with Crippen LogP contribution in [0.3, 0.4) is 0 Å². The van der Waals surface area contributed by atoms with Crippen LogP contribution in [0.5, 0.6) is 40.2 Å². The molecule has 54 heteroatoms. The van der Waals surface area contributed by atoms with E-state index < -0.39 is 110 Å². The van der Waals surface area contributed by atoms with Crippen molar-refractivity contribution in [3.63, 3.8) is 0 Å². The van der Waals surface area contributed by atoms with Crippen LogP contribution >= 0.6 is 382 Å². The zero-order chi connectivity index (χ0) is 101. The first kappa shape index (κ1) is 127. The molecular formula is C78H47Br24NO29-8. The Labute approximate surface area is 951 Å². The third-order valence-corrected chi connectivity index (χ3v) is 27.3. The molecule has 0 saturated heterocycles. The first-order chi connectivity index (χ1) is 61.3. The van der Waals surface area contributed by atoms with Crippen molar-refractivity contribution in [2.75, 3.05) is 26.8 Å². The standard InChI is InChI=1S/C12H11Br3O4.C11H9Br3O4.C10H8Br3NO3.C10H7Br3O4.C10H5Br3O4.C9H5Br3O4.2C8H5Br3O3/c13-7-5-8(14)12(9(15)6-7)19-11(18)4-2-1-3-10(16)17;12-6-4-7(13)11(8(14)5-6)18-10(17)3-1-2-9(15)16;1-14(4-8(15)16)10(17)6-2-5(11)3-7(12)9(6)13;2*11-5-3-6(12)10(7(13)4-5)17-9(16)2-1-8(14)15;10-4-1-5(11)9(6(12)2-4)16-8(15)3-7(13)14;2*9-4-1-5(10)8(6(11)2-4)14-3-7(12)13/h5-6H,1-4H2,(H,16,17);4-5H,1-3H2,(H,15,16);2-3H,4H2,1H3,(H,15,16);3-4H,1-2H2,(H,14,15);1-4H,(H,14,15);1-2H,3H2,(H,13,14);2*1-2H,3H2,(H,12,13)/p-8/b;;;;2-1+;;;. The van der Waals surface area contributed by atoms with Crippen LogP contribution in [0.1, 0.15) is 74.6 Å². The average Bonchev–Trinajstić information content (AvgIpc) is 0.824. The zero-order valence-electron chi connectivity index (χ0n) is 64.9. The van der Waals surface area contributed by atoms with Crippen LogP contribution < -0.4 is 74.0 Å². The van der Waals surface area contributed by atoms with Crippen molar-refractivity contribution in [2.24, 2.45) is 0 Å². The number of ether oxygens (including phenoxy) is 7. The Kier molecular flexibility index (Phi) is 64.4. The topological polar surface area (TPSA) is 491 Å². The fraction of sp³-hybridized carbons (Fsp3) is 0.179. The molecule has 0 aromatic heterocycles. The van der Waals surface area contributed by atoms with E-state index in [4.69, 9.17) is 33.2 Å². The Morgan fingerprint density at radius 3 is 0.795 bits per heavy atom. The molecule has 8 aromatic carbocycles. The second kappa shape index (κ2) is 66.8. The molecule has 714 valence electrons. The Hall–Kier alpha value is -2.80. The van der Waals surface area contributed by atoms with Gasteiger partial charge in [-0.15, -0.1) is 0 Å². The number of carboxylic acids is 8. The molecule has 0 aliphatic rings. The lowest BCUT2D eigenvalue weighted by Gasteiger charge is -2.18. The second-order valence-corrected chi connectivity index (χ2v) is 44.6. The van der Waals surface area contributed by atoms with Gasteiger partial charge in [0.05, 0.1) is 117 Å². The maximum atomic E-state index is 12.0. The van der Waals surface area contributed by atoms with Gasteiger partial charge < -0.3 is 117 Å². The van der Waals surface area contributed by atoms with Crippen LogP contribution in [0.15, 0.2) is 217 Å². The molecular weight excluding hydrogens is 3330 g/mol. The summed E-state index contributed by atoms with van der Waals surface area (Å²) < 4.78 is 51.6. The van der Waals surface area contributed by atoms with Crippen molar-refractivity contribution in [3.8, 4) is 40.2 Å². The molecule has 0 aliphatic heterocycles. The highest BCUT2D eigenvalue weighted by Crippen LogP contribution is 2.43. The van der Waals surface area contributed by atoms with Crippen molar-refractivity contribution in [3.05, 3.63) is 222 Å². The monoisotopic (exact) mass is 3360 g/mol. The van der Waals surface area contributed by atoms with Gasteiger partial charge in [0.25, 0.3) is 5.91 Å². The summed E-state index contributed by atoms with van der Waals surface area (Å²) in [5.74, 6) is -11.4. The van der Waals surface area contributed by atoms with Crippen LogP contribution in [0, 0.1) is 0 Å². The van der Waals surface area contributed by atoms with E-state index in [2.05, 4.69) is 382 Å². The maximum absolute atomic E-state index is 12.0. The number of nitrogens with zero attached hydrogens (tertiary/aromatic N) is 1. The van der Waals surface area contributed by atoms with Gasteiger partial charge in [0.1, 0.15) is 24.7 Å². The molecule has 1 amide bonds. The van der Waals surface area contributed by atoms with Gasteiger partial charge in [-0.1, -0.05) is 127 Å². The van der Waals surface area contributed by atoms with E-state index in [1.54, 1.807) is 97.1 Å². The predicted octanol–water partition coefficient (Wildman–Crippen LogP) is 18.6. The number of aliphatic carboxylic acids is 8. The lowest BCUT2D eigenvalue weighted by Crippen LogP contribution is -2.39. The Balaban J connectivity index is 0.000000756. The fourth-order valence-corrected chi connectivity index (χ4v) is 26.8. The van der Waals surface area contributed by atoms with Gasteiger partial charge in [0.15, 0.2) is 28.7 Å². The number of hydrogen-bond donors (Lipinski definition) is 0. The van der Waals surface area contributed by atoms with Crippen molar-refractivity contribution in [2.45, 2.75) is 64.2 Å². The van der Waals surface area contributed by atoms with Crippen LogP contribution in [0.4, 0.5) is 0 Å². The number of halogens is 24. The van der Waals surface area contributed by atoms with Gasteiger partial charge in [-0.2, -0.15) is 0 Å². The SMILES string of the molecule is CN(CC(=O)[O-])C(=O)c1cc(Br)cc(Br)c1Br.O=C([O-])/C=C/C(=O)Oc1c(Br)cc(Br)cc1Br.O=C([O-])CC(=O)Oc1c(Br)cc(Br)cc1Br.O=C([O-])CCC(=O)Oc1c(Br)cc(Br)cc1Br.O=C([O-])CCCC(=O)Oc1c(Br)cc(Br)cc1Br.O=C([O-])CCCCC(=O)Oc1c(Br)cc(Br)cc1Br.O=C([O-])COc1c(Br)cc(Br)cc1Br.O=C([O-])COc1c(Br)cc(Br)cc1Br. The number of rotatable bonds is 30. The molecule has 0 heterocycles. The van der Waals surface area contributed by atoms with Crippen LogP contribution in [-0.2, 0) is 62.3 Å². The molecule has 30 nitrogen and oxygen atoms in total. The van der Waals surface area contributed by atoms with E-state index in [1.807, 2.05) is 0 Å². The highest BCUT2D eigenvalue weighted by Gasteiger charge is 2.22. The number of esters is 5. The van der Waals surface area contributed by atoms with E-state index in [0.29, 0.717) is 125 Å². The molecule has 0 spiro atoms. The number of unbranched alkanes of at least 4 members (excludes halogenated alkanes) is 1. The third-order valence-electron chi connectivity index (χ3n) is 13.4. The molecule has 8 rings (SSSR count). The van der Waals surface area contributed by atoms with Gasteiger partial charge >= 0.3 is 29.8 Å². The average molecular weight is 3380 g/mol. The molecule has 0 N–H and O–H groups in total. The van der Waals surface area contributed by atoms with E-state index in [-0.39, 0.29) is 56.4 Å². The molecule has 0 radical (unpaired) electrons. The number of carboxylic acid groups (broad SMARTS) is 8.